The van der Waals surface area contributed by atoms with Crippen molar-refractivity contribution >= 4 is 11.4 Å². The number of rotatable bonds is 20. The zero-order valence-electron chi connectivity index (χ0n) is 29.2. The van der Waals surface area contributed by atoms with Crippen LogP contribution >= 0.6 is 0 Å². The standard InChI is InChI=1S/C42H62N2/c1-7-13-19-20-26-40-39(25-18-12-6)41(37-29-33(21-14-8-2)27-34(30-37)22-15-9-3)44(43)42(40)38-31-35(23-16-10-4)28-36(32-38)24-17-11-5/h18,25-32,43H,7-17,19-24H2,1-6H3. The van der Waals surface area contributed by atoms with Crippen molar-refractivity contribution in [1.29, 1.82) is 0 Å². The molecule has 0 saturated carbocycles. The Balaban J connectivity index is 2.30. The van der Waals surface area contributed by atoms with Gasteiger partial charge in [-0.1, -0.05) is 110 Å². The van der Waals surface area contributed by atoms with Gasteiger partial charge in [-0.25, -0.2) is 4.68 Å². The lowest BCUT2D eigenvalue weighted by Crippen LogP contribution is -2.13. The van der Waals surface area contributed by atoms with Crippen LogP contribution < -0.4 is 0 Å². The van der Waals surface area contributed by atoms with Gasteiger partial charge in [-0.15, -0.1) is 0 Å². The second-order valence-electron chi connectivity index (χ2n) is 12.9. The van der Waals surface area contributed by atoms with Crippen LogP contribution in [0, 0.1) is 0 Å². The van der Waals surface area contributed by atoms with Crippen LogP contribution in [-0.4, -0.2) is 10.4 Å². The van der Waals surface area contributed by atoms with Crippen LogP contribution in [0.1, 0.15) is 158 Å². The Bertz CT molecular complexity index is 1250. The van der Waals surface area contributed by atoms with Gasteiger partial charge in [-0.05, 0) is 117 Å². The average molecular weight is 595 g/mol. The molecule has 1 aliphatic heterocycles. The van der Waals surface area contributed by atoms with Gasteiger partial charge in [-0.3, -0.25) is 0 Å². The normalized spacial score (nSPS) is 14.6. The van der Waals surface area contributed by atoms with Crippen LogP contribution in [0.3, 0.4) is 0 Å². The highest BCUT2D eigenvalue weighted by Crippen LogP contribution is 2.38. The first kappa shape index (κ1) is 35.6. The summed E-state index contributed by atoms with van der Waals surface area (Å²) in [6, 6.07) is 14.5. The van der Waals surface area contributed by atoms with Gasteiger partial charge in [0.1, 0.15) is 0 Å². The fourth-order valence-electron chi connectivity index (χ4n) is 6.33. The SMILES string of the molecule is CCC=CC1=C(c2cc(CCCC)cc(CCCC)c2)[N+]([NH-])=C(c2cc(CCCC)cc(CCCC)c2)C1=CCCCCC. The van der Waals surface area contributed by atoms with Crippen molar-refractivity contribution in [1.82, 2.24) is 0 Å². The molecule has 0 spiro atoms. The zero-order chi connectivity index (χ0) is 31.7. The van der Waals surface area contributed by atoms with E-state index in [4.69, 9.17) is 0 Å². The summed E-state index contributed by atoms with van der Waals surface area (Å²) in [6.07, 6.45) is 26.8. The topological polar surface area (TPSA) is 26.8 Å². The predicted octanol–water partition coefficient (Wildman–Crippen LogP) is 12.7. The van der Waals surface area contributed by atoms with Crippen molar-refractivity contribution < 1.29 is 4.68 Å². The number of aryl methyl sites for hydroxylation is 4. The smallest absolute Gasteiger partial charge is 0.216 e. The Morgan fingerprint density at radius 3 is 1.45 bits per heavy atom. The van der Waals surface area contributed by atoms with Gasteiger partial charge < -0.3 is 5.84 Å². The molecular formula is C42H62N2. The second-order valence-corrected chi connectivity index (χ2v) is 12.9. The number of allylic oxidation sites excluding steroid dienone is 5. The highest BCUT2D eigenvalue weighted by atomic mass is 15.3. The molecule has 2 heteroatoms. The van der Waals surface area contributed by atoms with Gasteiger partial charge in [0, 0.05) is 11.1 Å². The van der Waals surface area contributed by atoms with E-state index in [-0.39, 0.29) is 0 Å². The molecule has 0 fully saturated rings. The molecule has 240 valence electrons. The van der Waals surface area contributed by atoms with E-state index in [0.717, 1.165) is 49.9 Å². The number of hydrogen-bond donors (Lipinski definition) is 0. The van der Waals surface area contributed by atoms with Crippen molar-refractivity contribution in [3.8, 4) is 0 Å². The first-order chi connectivity index (χ1) is 21.5. The maximum Gasteiger partial charge on any atom is 0.216 e. The van der Waals surface area contributed by atoms with Crippen LogP contribution in [0.15, 0.2) is 65.8 Å². The molecule has 0 amide bonds. The van der Waals surface area contributed by atoms with Crippen molar-refractivity contribution in [3.05, 3.63) is 105 Å². The Morgan fingerprint density at radius 1 is 0.568 bits per heavy atom. The molecule has 2 aromatic rings. The third-order valence-electron chi connectivity index (χ3n) is 8.85. The lowest BCUT2D eigenvalue weighted by molar-refractivity contribution is -0.347. The molecular weight excluding hydrogens is 532 g/mol. The first-order valence-electron chi connectivity index (χ1n) is 18.3. The molecule has 0 radical (unpaired) electrons. The minimum atomic E-state index is 0.985. The molecule has 2 nitrogen and oxygen atoms in total. The highest BCUT2D eigenvalue weighted by molar-refractivity contribution is 6.17. The molecule has 2 aromatic carbocycles. The Morgan fingerprint density at radius 2 is 1.02 bits per heavy atom. The van der Waals surface area contributed by atoms with Gasteiger partial charge in [0.05, 0.1) is 11.1 Å². The van der Waals surface area contributed by atoms with E-state index in [1.54, 1.807) is 0 Å². The van der Waals surface area contributed by atoms with Crippen molar-refractivity contribution in [2.24, 2.45) is 0 Å². The number of benzene rings is 2. The number of nitrogens with zero attached hydrogens (tertiary/aromatic N) is 1. The summed E-state index contributed by atoms with van der Waals surface area (Å²) in [7, 11) is 0. The van der Waals surface area contributed by atoms with Crippen molar-refractivity contribution in [2.75, 3.05) is 0 Å². The first-order valence-corrected chi connectivity index (χ1v) is 18.3. The number of hydrogen-bond acceptors (Lipinski definition) is 0. The molecule has 3 rings (SSSR count). The van der Waals surface area contributed by atoms with E-state index >= 15 is 0 Å². The Hall–Kier alpha value is -2.87. The predicted molar refractivity (Wildman–Crippen MR) is 195 cm³/mol. The van der Waals surface area contributed by atoms with E-state index in [1.807, 2.05) is 4.68 Å². The average Bonchev–Trinajstić information content (AvgIpc) is 3.31. The molecule has 1 N–H and O–H groups in total. The molecule has 1 heterocycles. The monoisotopic (exact) mass is 594 g/mol. The molecule has 0 aromatic heterocycles. The molecule has 0 aliphatic carbocycles. The Kier molecular flexibility index (Phi) is 15.8. The van der Waals surface area contributed by atoms with E-state index < -0.39 is 0 Å². The fourth-order valence-corrected chi connectivity index (χ4v) is 6.33. The molecule has 0 bridgehead atoms. The summed E-state index contributed by atoms with van der Waals surface area (Å²) in [6.45, 7) is 13.6. The lowest BCUT2D eigenvalue weighted by atomic mass is 9.90. The largest absolute Gasteiger partial charge is 0.448 e. The summed E-state index contributed by atoms with van der Waals surface area (Å²) in [5, 5.41) is 0. The van der Waals surface area contributed by atoms with E-state index in [1.165, 1.54) is 115 Å². The maximum atomic E-state index is 9.83. The van der Waals surface area contributed by atoms with Gasteiger partial charge in [-0.2, -0.15) is 0 Å². The molecule has 0 unspecified atom stereocenters. The van der Waals surface area contributed by atoms with Gasteiger partial charge in [0.15, 0.2) is 0 Å². The molecule has 44 heavy (non-hydrogen) atoms. The fraction of sp³-hybridized carbons (Fsp3) is 0.548. The lowest BCUT2D eigenvalue weighted by Gasteiger charge is -2.13. The second kappa shape index (κ2) is 19.5. The van der Waals surface area contributed by atoms with Gasteiger partial charge in [0.2, 0.25) is 11.4 Å². The minimum Gasteiger partial charge on any atom is -0.448 e. The maximum absolute atomic E-state index is 9.83. The molecule has 1 aliphatic rings. The summed E-state index contributed by atoms with van der Waals surface area (Å²) >= 11 is 0. The minimum absolute atomic E-state index is 0.985. The summed E-state index contributed by atoms with van der Waals surface area (Å²) < 4.78 is 1.81. The number of unbranched alkanes of at least 4 members (excludes halogenated alkanes) is 7. The van der Waals surface area contributed by atoms with Crippen LogP contribution in [0.2, 0.25) is 0 Å². The summed E-state index contributed by atoms with van der Waals surface area (Å²) in [4.78, 5) is 0. The van der Waals surface area contributed by atoms with E-state index in [2.05, 4.69) is 96.2 Å². The van der Waals surface area contributed by atoms with Gasteiger partial charge in [0.25, 0.3) is 0 Å². The van der Waals surface area contributed by atoms with Crippen LogP contribution in [0.25, 0.3) is 11.5 Å². The van der Waals surface area contributed by atoms with E-state index in [0.29, 0.717) is 0 Å². The van der Waals surface area contributed by atoms with Crippen LogP contribution in [0.4, 0.5) is 0 Å². The van der Waals surface area contributed by atoms with Crippen LogP contribution in [-0.2, 0) is 25.7 Å². The Labute approximate surface area is 271 Å². The van der Waals surface area contributed by atoms with Crippen LogP contribution in [0.5, 0.6) is 0 Å². The third kappa shape index (κ3) is 10.1. The molecule has 0 saturated heterocycles. The summed E-state index contributed by atoms with van der Waals surface area (Å²) in [5.41, 5.74) is 12.7. The zero-order valence-corrected chi connectivity index (χ0v) is 29.2. The highest BCUT2D eigenvalue weighted by Gasteiger charge is 2.34. The summed E-state index contributed by atoms with van der Waals surface area (Å²) in [5.74, 6) is 9.83. The third-order valence-corrected chi connectivity index (χ3v) is 8.85. The van der Waals surface area contributed by atoms with Gasteiger partial charge >= 0.3 is 0 Å². The van der Waals surface area contributed by atoms with E-state index in [9.17, 15) is 5.84 Å². The van der Waals surface area contributed by atoms with Crippen molar-refractivity contribution in [2.45, 2.75) is 151 Å². The molecule has 0 atom stereocenters. The van der Waals surface area contributed by atoms with Crippen molar-refractivity contribution in [3.63, 3.8) is 0 Å². The number of nitrogens with one attached hydrogen (secondary N) is 1. The quantitative estimate of drug-likeness (QED) is 0.108.